The highest BCUT2D eigenvalue weighted by atomic mass is 32.2. The molecule has 0 N–H and O–H groups in total. The van der Waals surface area contributed by atoms with E-state index in [-0.39, 0.29) is 0 Å². The Balaban J connectivity index is 1.65. The highest BCUT2D eigenvalue weighted by molar-refractivity contribution is 8.00. The summed E-state index contributed by atoms with van der Waals surface area (Å²) >= 11 is 3.09. The fourth-order valence-corrected chi connectivity index (χ4v) is 3.40. The fraction of sp³-hybridized carbons (Fsp3) is 0.286. The largest absolute Gasteiger partial charge is 0.494 e. The van der Waals surface area contributed by atoms with Gasteiger partial charge in [-0.1, -0.05) is 23.1 Å². The number of thioether (sulfide) groups is 1. The van der Waals surface area contributed by atoms with Gasteiger partial charge in [0.05, 0.1) is 12.4 Å². The van der Waals surface area contributed by atoms with Crippen LogP contribution in [0.25, 0.3) is 11.5 Å². The Morgan fingerprint density at radius 3 is 2.64 bits per heavy atom. The lowest BCUT2D eigenvalue weighted by atomic mass is 10.2. The van der Waals surface area contributed by atoms with Crippen molar-refractivity contribution in [3.8, 4) is 17.2 Å². The number of rotatable bonds is 6. The van der Waals surface area contributed by atoms with E-state index in [9.17, 15) is 0 Å². The van der Waals surface area contributed by atoms with E-state index in [1.165, 1.54) is 0 Å². The van der Waals surface area contributed by atoms with Crippen molar-refractivity contribution in [2.75, 3.05) is 6.61 Å². The second-order valence-corrected chi connectivity index (χ2v) is 6.74. The molecule has 6 nitrogen and oxygen atoms in total. The molecule has 114 valence electrons. The lowest BCUT2D eigenvalue weighted by Crippen LogP contribution is -1.90. The van der Waals surface area contributed by atoms with Gasteiger partial charge in [0.15, 0.2) is 4.34 Å². The molecular formula is C14H14N4O2S2. The smallest absolute Gasteiger partial charge is 0.247 e. The predicted octanol–water partition coefficient (Wildman–Crippen LogP) is 3.59. The monoisotopic (exact) mass is 334 g/mol. The van der Waals surface area contributed by atoms with Crippen LogP contribution in [0.4, 0.5) is 0 Å². The van der Waals surface area contributed by atoms with Gasteiger partial charge >= 0.3 is 0 Å². The second kappa shape index (κ2) is 6.89. The summed E-state index contributed by atoms with van der Waals surface area (Å²) in [4.78, 5) is 0. The van der Waals surface area contributed by atoms with Crippen LogP contribution in [0, 0.1) is 6.92 Å². The van der Waals surface area contributed by atoms with E-state index in [1.807, 2.05) is 38.1 Å². The van der Waals surface area contributed by atoms with E-state index in [0.29, 0.717) is 24.1 Å². The van der Waals surface area contributed by atoms with Crippen molar-refractivity contribution < 1.29 is 9.15 Å². The Kier molecular flexibility index (Phi) is 4.69. The number of aromatic nitrogens is 4. The molecule has 0 bridgehead atoms. The maximum atomic E-state index is 5.67. The summed E-state index contributed by atoms with van der Waals surface area (Å²) in [5, 5.41) is 17.1. The average molecular weight is 334 g/mol. The van der Waals surface area contributed by atoms with Gasteiger partial charge in [0.1, 0.15) is 10.8 Å². The molecule has 22 heavy (non-hydrogen) atoms. The average Bonchev–Trinajstić information content (AvgIpc) is 3.15. The Labute approximate surface area is 135 Å². The van der Waals surface area contributed by atoms with Crippen molar-refractivity contribution >= 4 is 23.1 Å². The standard InChI is InChI=1S/C14H14N4O2S2/c1-3-19-11-6-4-10(5-7-11)13-17-16-12(20-13)8-21-14-18-15-9(2)22-14/h4-7H,3,8H2,1-2H3. The maximum Gasteiger partial charge on any atom is 0.247 e. The van der Waals surface area contributed by atoms with Gasteiger partial charge in [0.25, 0.3) is 0 Å². The van der Waals surface area contributed by atoms with Gasteiger partial charge in [-0.3, -0.25) is 0 Å². The zero-order valence-corrected chi connectivity index (χ0v) is 13.8. The highest BCUT2D eigenvalue weighted by Crippen LogP contribution is 2.27. The van der Waals surface area contributed by atoms with Crippen molar-refractivity contribution in [1.82, 2.24) is 20.4 Å². The van der Waals surface area contributed by atoms with Crippen LogP contribution in [-0.4, -0.2) is 27.0 Å². The van der Waals surface area contributed by atoms with Crippen molar-refractivity contribution in [3.05, 3.63) is 35.2 Å². The third-order valence-electron chi connectivity index (χ3n) is 2.71. The molecular weight excluding hydrogens is 320 g/mol. The van der Waals surface area contributed by atoms with Crippen LogP contribution in [0.2, 0.25) is 0 Å². The lowest BCUT2D eigenvalue weighted by molar-refractivity contribution is 0.340. The first kappa shape index (κ1) is 15.0. The summed E-state index contributed by atoms with van der Waals surface area (Å²) in [6, 6.07) is 7.59. The molecule has 0 amide bonds. The number of aryl methyl sites for hydroxylation is 1. The van der Waals surface area contributed by atoms with E-state index >= 15 is 0 Å². The first-order valence-corrected chi connectivity index (χ1v) is 8.53. The third-order valence-corrected chi connectivity index (χ3v) is 4.66. The van der Waals surface area contributed by atoms with Crippen LogP contribution in [0.5, 0.6) is 5.75 Å². The Hall–Kier alpha value is -1.93. The van der Waals surface area contributed by atoms with Crippen LogP contribution in [-0.2, 0) is 5.75 Å². The van der Waals surface area contributed by atoms with Crippen molar-refractivity contribution in [3.63, 3.8) is 0 Å². The van der Waals surface area contributed by atoms with Gasteiger partial charge in [-0.25, -0.2) is 0 Å². The number of nitrogens with zero attached hydrogens (tertiary/aromatic N) is 4. The van der Waals surface area contributed by atoms with Gasteiger partial charge in [0, 0.05) is 5.56 Å². The molecule has 0 aliphatic rings. The number of hydrogen-bond acceptors (Lipinski definition) is 8. The van der Waals surface area contributed by atoms with Gasteiger partial charge in [-0.05, 0) is 38.1 Å². The molecule has 2 aromatic heterocycles. The van der Waals surface area contributed by atoms with Crippen molar-refractivity contribution in [2.24, 2.45) is 0 Å². The molecule has 0 aliphatic carbocycles. The van der Waals surface area contributed by atoms with Gasteiger partial charge in [-0.2, -0.15) is 0 Å². The molecule has 3 aromatic rings. The summed E-state index contributed by atoms with van der Waals surface area (Å²) in [5.41, 5.74) is 0.874. The molecule has 0 saturated heterocycles. The first-order chi connectivity index (χ1) is 10.7. The molecule has 0 unspecified atom stereocenters. The van der Waals surface area contributed by atoms with Crippen molar-refractivity contribution in [2.45, 2.75) is 23.9 Å². The van der Waals surface area contributed by atoms with Crippen LogP contribution in [0.15, 0.2) is 33.0 Å². The fourth-order valence-electron chi connectivity index (χ4n) is 1.75. The molecule has 0 spiro atoms. The molecule has 2 heterocycles. The van der Waals surface area contributed by atoms with Gasteiger partial charge < -0.3 is 9.15 Å². The number of ether oxygens (including phenoxy) is 1. The zero-order valence-electron chi connectivity index (χ0n) is 12.1. The minimum atomic E-state index is 0.507. The highest BCUT2D eigenvalue weighted by Gasteiger charge is 2.10. The number of benzene rings is 1. The van der Waals surface area contributed by atoms with Crippen LogP contribution < -0.4 is 4.74 Å². The zero-order chi connectivity index (χ0) is 15.4. The van der Waals surface area contributed by atoms with E-state index in [2.05, 4.69) is 20.4 Å². The minimum Gasteiger partial charge on any atom is -0.494 e. The maximum absolute atomic E-state index is 5.67. The summed E-state index contributed by atoms with van der Waals surface area (Å²) < 4.78 is 12.0. The summed E-state index contributed by atoms with van der Waals surface area (Å²) in [5.74, 6) is 2.49. The van der Waals surface area contributed by atoms with Crippen molar-refractivity contribution in [1.29, 1.82) is 0 Å². The molecule has 0 radical (unpaired) electrons. The third kappa shape index (κ3) is 3.63. The van der Waals surface area contributed by atoms with Gasteiger partial charge in [0.2, 0.25) is 11.8 Å². The molecule has 0 saturated carbocycles. The normalized spacial score (nSPS) is 10.8. The van der Waals surface area contributed by atoms with E-state index < -0.39 is 0 Å². The quantitative estimate of drug-likeness (QED) is 0.638. The lowest BCUT2D eigenvalue weighted by Gasteiger charge is -2.02. The first-order valence-electron chi connectivity index (χ1n) is 6.73. The van der Waals surface area contributed by atoms with E-state index in [0.717, 1.165) is 20.7 Å². The topological polar surface area (TPSA) is 73.9 Å². The Morgan fingerprint density at radius 2 is 1.95 bits per heavy atom. The Morgan fingerprint density at radius 1 is 1.14 bits per heavy atom. The SMILES string of the molecule is CCOc1ccc(-c2nnc(CSc3nnc(C)s3)o2)cc1. The molecule has 8 heteroatoms. The van der Waals surface area contributed by atoms with Crippen LogP contribution >= 0.6 is 23.1 Å². The summed E-state index contributed by atoms with van der Waals surface area (Å²) in [6.07, 6.45) is 0. The van der Waals surface area contributed by atoms with Crippen LogP contribution in [0.1, 0.15) is 17.8 Å². The Bertz CT molecular complexity index is 739. The molecule has 0 aliphatic heterocycles. The molecule has 0 atom stereocenters. The van der Waals surface area contributed by atoms with E-state index in [4.69, 9.17) is 9.15 Å². The van der Waals surface area contributed by atoms with Gasteiger partial charge in [-0.15, -0.1) is 20.4 Å². The molecule has 0 fully saturated rings. The number of hydrogen-bond donors (Lipinski definition) is 0. The second-order valence-electron chi connectivity index (χ2n) is 4.33. The summed E-state index contributed by atoms with van der Waals surface area (Å²) in [6.45, 7) is 4.53. The predicted molar refractivity (Wildman–Crippen MR) is 85.1 cm³/mol. The summed E-state index contributed by atoms with van der Waals surface area (Å²) in [7, 11) is 0. The minimum absolute atomic E-state index is 0.507. The van der Waals surface area contributed by atoms with Crippen LogP contribution in [0.3, 0.4) is 0 Å². The van der Waals surface area contributed by atoms with E-state index in [1.54, 1.807) is 23.1 Å². The molecule has 3 rings (SSSR count). The molecule has 1 aromatic carbocycles.